The number of nitrogens with zero attached hydrogens (tertiary/aromatic N) is 3. The molecule has 0 saturated carbocycles. The van der Waals surface area contributed by atoms with Crippen LogP contribution in [0.3, 0.4) is 0 Å². The molecule has 0 unspecified atom stereocenters. The maximum atomic E-state index is 11.6. The lowest BCUT2D eigenvalue weighted by Gasteiger charge is -2.03. The minimum Gasteiger partial charge on any atom is -0.300 e. The fraction of sp³-hybridized carbons (Fsp3) is 0.200. The maximum absolute atomic E-state index is 11.6. The summed E-state index contributed by atoms with van der Waals surface area (Å²) in [5.74, 6) is -0.297. The lowest BCUT2D eigenvalue weighted by atomic mass is 10.5. The van der Waals surface area contributed by atoms with Crippen molar-refractivity contribution in [3.63, 3.8) is 0 Å². The van der Waals surface area contributed by atoms with Crippen LogP contribution >= 0.6 is 11.3 Å². The number of hydrogen-bond donors (Lipinski definition) is 1. The summed E-state index contributed by atoms with van der Waals surface area (Å²) in [6, 6.07) is 1.31. The molecule has 0 aliphatic carbocycles. The van der Waals surface area contributed by atoms with Crippen LogP contribution < -0.4 is 10.9 Å². The van der Waals surface area contributed by atoms with Gasteiger partial charge in [0, 0.05) is 17.6 Å². The number of aryl methyl sites for hydroxylation is 1. The SMILES string of the molecule is Cc1csc(NC(=O)Cn2cnccc2=O)n1. The summed E-state index contributed by atoms with van der Waals surface area (Å²) in [6.07, 6.45) is 2.72. The molecule has 0 radical (unpaired) electrons. The molecule has 2 heterocycles. The molecule has 0 aliphatic rings. The first-order valence-corrected chi connectivity index (χ1v) is 5.75. The predicted molar refractivity (Wildman–Crippen MR) is 64.0 cm³/mol. The first-order chi connectivity index (χ1) is 8.15. The van der Waals surface area contributed by atoms with E-state index in [0.29, 0.717) is 5.13 Å². The van der Waals surface area contributed by atoms with Gasteiger partial charge in [-0.15, -0.1) is 11.3 Å². The fourth-order valence-electron chi connectivity index (χ4n) is 1.22. The van der Waals surface area contributed by atoms with E-state index in [1.807, 2.05) is 12.3 Å². The van der Waals surface area contributed by atoms with Gasteiger partial charge in [0.1, 0.15) is 6.54 Å². The number of nitrogens with one attached hydrogen (secondary N) is 1. The number of anilines is 1. The van der Waals surface area contributed by atoms with Gasteiger partial charge < -0.3 is 5.32 Å². The van der Waals surface area contributed by atoms with Crippen LogP contribution in [0.5, 0.6) is 0 Å². The Hall–Kier alpha value is -2.02. The highest BCUT2D eigenvalue weighted by atomic mass is 32.1. The Morgan fingerprint density at radius 1 is 1.59 bits per heavy atom. The van der Waals surface area contributed by atoms with Gasteiger partial charge in [-0.3, -0.25) is 14.2 Å². The van der Waals surface area contributed by atoms with E-state index in [-0.39, 0.29) is 18.0 Å². The third-order valence-electron chi connectivity index (χ3n) is 1.97. The van der Waals surface area contributed by atoms with Crippen LogP contribution in [0.25, 0.3) is 0 Å². The first kappa shape index (κ1) is 11.5. The Bertz CT molecular complexity index is 590. The minimum atomic E-state index is -0.297. The quantitative estimate of drug-likeness (QED) is 0.867. The summed E-state index contributed by atoms with van der Waals surface area (Å²) in [7, 11) is 0. The van der Waals surface area contributed by atoms with Crippen molar-refractivity contribution < 1.29 is 4.79 Å². The van der Waals surface area contributed by atoms with Gasteiger partial charge in [-0.1, -0.05) is 0 Å². The van der Waals surface area contributed by atoms with Crippen LogP contribution in [-0.4, -0.2) is 20.4 Å². The molecule has 0 aromatic carbocycles. The summed E-state index contributed by atoms with van der Waals surface area (Å²) in [5, 5.41) is 4.99. The molecule has 7 heteroatoms. The van der Waals surface area contributed by atoms with E-state index in [4.69, 9.17) is 0 Å². The second-order valence-corrected chi connectivity index (χ2v) is 4.25. The van der Waals surface area contributed by atoms with Crippen LogP contribution in [-0.2, 0) is 11.3 Å². The Balaban J connectivity index is 2.03. The van der Waals surface area contributed by atoms with Gasteiger partial charge in [0.25, 0.3) is 5.56 Å². The summed E-state index contributed by atoms with van der Waals surface area (Å²) in [4.78, 5) is 30.8. The molecule has 1 N–H and O–H groups in total. The molecule has 17 heavy (non-hydrogen) atoms. The molecule has 6 nitrogen and oxygen atoms in total. The van der Waals surface area contributed by atoms with Crippen LogP contribution in [0.2, 0.25) is 0 Å². The van der Waals surface area contributed by atoms with Crippen molar-refractivity contribution >= 4 is 22.4 Å². The minimum absolute atomic E-state index is 0.0642. The van der Waals surface area contributed by atoms with Crippen molar-refractivity contribution in [3.05, 3.63) is 40.0 Å². The van der Waals surface area contributed by atoms with Crippen LogP contribution in [0.1, 0.15) is 5.69 Å². The summed E-state index contributed by atoms with van der Waals surface area (Å²) in [6.45, 7) is 1.78. The van der Waals surface area contributed by atoms with Gasteiger partial charge in [0.15, 0.2) is 5.13 Å². The number of carbonyl (C=O) groups excluding carboxylic acids is 1. The van der Waals surface area contributed by atoms with Crippen LogP contribution in [0, 0.1) is 6.92 Å². The highest BCUT2D eigenvalue weighted by Crippen LogP contribution is 2.13. The lowest BCUT2D eigenvalue weighted by molar-refractivity contribution is -0.116. The van der Waals surface area contributed by atoms with Gasteiger partial charge >= 0.3 is 0 Å². The number of amides is 1. The molecule has 0 saturated heterocycles. The molecular weight excluding hydrogens is 240 g/mol. The van der Waals surface area contributed by atoms with E-state index in [1.54, 1.807) is 0 Å². The molecule has 2 aromatic heterocycles. The zero-order valence-corrected chi connectivity index (χ0v) is 9.90. The first-order valence-electron chi connectivity index (χ1n) is 4.87. The van der Waals surface area contributed by atoms with Gasteiger partial charge in [-0.25, -0.2) is 9.97 Å². The van der Waals surface area contributed by atoms with Gasteiger partial charge in [-0.05, 0) is 6.92 Å². The number of hydrogen-bond acceptors (Lipinski definition) is 5. The van der Waals surface area contributed by atoms with E-state index >= 15 is 0 Å². The zero-order valence-electron chi connectivity index (χ0n) is 9.08. The molecule has 0 atom stereocenters. The molecule has 0 bridgehead atoms. The Morgan fingerprint density at radius 3 is 3.06 bits per heavy atom. The van der Waals surface area contributed by atoms with Crippen molar-refractivity contribution in [1.29, 1.82) is 0 Å². The molecule has 1 amide bonds. The van der Waals surface area contributed by atoms with E-state index in [0.717, 1.165) is 5.69 Å². The summed E-state index contributed by atoms with van der Waals surface area (Å²) >= 11 is 1.35. The van der Waals surface area contributed by atoms with E-state index in [9.17, 15) is 9.59 Å². The second-order valence-electron chi connectivity index (χ2n) is 3.39. The highest BCUT2D eigenvalue weighted by molar-refractivity contribution is 7.13. The number of aromatic nitrogens is 3. The topological polar surface area (TPSA) is 76.9 Å². The summed E-state index contributed by atoms with van der Waals surface area (Å²) in [5.41, 5.74) is 0.592. The van der Waals surface area contributed by atoms with Gasteiger partial charge in [0.2, 0.25) is 5.91 Å². The van der Waals surface area contributed by atoms with E-state index in [2.05, 4.69) is 15.3 Å². The monoisotopic (exact) mass is 250 g/mol. The van der Waals surface area contributed by atoms with E-state index < -0.39 is 0 Å². The Kier molecular flexibility index (Phi) is 3.29. The van der Waals surface area contributed by atoms with Crippen LogP contribution in [0.4, 0.5) is 5.13 Å². The second kappa shape index (κ2) is 4.88. The molecule has 2 aromatic rings. The number of carbonyl (C=O) groups is 1. The normalized spacial score (nSPS) is 10.2. The Morgan fingerprint density at radius 2 is 2.41 bits per heavy atom. The van der Waals surface area contributed by atoms with Crippen molar-refractivity contribution in [2.45, 2.75) is 13.5 Å². The maximum Gasteiger partial charge on any atom is 0.253 e. The van der Waals surface area contributed by atoms with Gasteiger partial charge in [-0.2, -0.15) is 0 Å². The predicted octanol–water partition coefficient (Wildman–Crippen LogP) is 0.647. The lowest BCUT2D eigenvalue weighted by Crippen LogP contribution is -2.26. The standard InChI is InChI=1S/C10H10N4O2S/c1-7-5-17-10(12-7)13-8(15)4-14-6-11-3-2-9(14)16/h2-3,5-6H,4H2,1H3,(H,12,13,15). The van der Waals surface area contributed by atoms with Crippen molar-refractivity contribution in [1.82, 2.24) is 14.5 Å². The van der Waals surface area contributed by atoms with E-state index in [1.165, 1.54) is 34.5 Å². The fourth-order valence-corrected chi connectivity index (χ4v) is 1.93. The third-order valence-corrected chi connectivity index (χ3v) is 2.85. The van der Waals surface area contributed by atoms with Crippen molar-refractivity contribution in [2.24, 2.45) is 0 Å². The molecule has 88 valence electrons. The average molecular weight is 250 g/mol. The zero-order chi connectivity index (χ0) is 12.3. The third kappa shape index (κ3) is 2.97. The highest BCUT2D eigenvalue weighted by Gasteiger charge is 2.06. The molecule has 0 fully saturated rings. The Labute approximate surface area is 101 Å². The van der Waals surface area contributed by atoms with Gasteiger partial charge in [0.05, 0.1) is 12.0 Å². The summed E-state index contributed by atoms with van der Waals surface area (Å²) < 4.78 is 1.23. The number of rotatable bonds is 3. The molecule has 0 spiro atoms. The molecule has 0 aliphatic heterocycles. The molecule has 2 rings (SSSR count). The molecular formula is C10H10N4O2S. The number of thiazole rings is 1. The smallest absolute Gasteiger partial charge is 0.253 e. The largest absolute Gasteiger partial charge is 0.300 e. The van der Waals surface area contributed by atoms with Crippen molar-refractivity contribution in [3.8, 4) is 0 Å². The average Bonchev–Trinajstić information content (AvgIpc) is 2.67. The van der Waals surface area contributed by atoms with Crippen molar-refractivity contribution in [2.75, 3.05) is 5.32 Å². The van der Waals surface area contributed by atoms with Crippen LogP contribution in [0.15, 0.2) is 28.8 Å².